The second-order valence-corrected chi connectivity index (χ2v) is 5.44. The number of anilines is 1. The number of nitrogens with zero attached hydrogens (tertiary/aromatic N) is 2. The van der Waals surface area contributed by atoms with E-state index in [-0.39, 0.29) is 0 Å². The van der Waals surface area contributed by atoms with Crippen LogP contribution in [-0.4, -0.2) is 23.6 Å². The molecule has 0 unspecified atom stereocenters. The van der Waals surface area contributed by atoms with Crippen molar-refractivity contribution in [3.05, 3.63) is 16.0 Å². The first-order valence-electron chi connectivity index (χ1n) is 6.32. The number of halogens is 1. The molecule has 1 heterocycles. The fourth-order valence-corrected chi connectivity index (χ4v) is 2.06. The van der Waals surface area contributed by atoms with Gasteiger partial charge < -0.3 is 10.1 Å². The van der Waals surface area contributed by atoms with E-state index < -0.39 is 5.60 Å². The van der Waals surface area contributed by atoms with E-state index in [1.807, 2.05) is 13.8 Å². The third kappa shape index (κ3) is 3.42. The summed E-state index contributed by atoms with van der Waals surface area (Å²) in [7, 11) is 1.68. The van der Waals surface area contributed by atoms with Crippen LogP contribution in [0.1, 0.15) is 45.6 Å². The lowest BCUT2D eigenvalue weighted by Crippen LogP contribution is -2.24. The van der Waals surface area contributed by atoms with Crippen LogP contribution in [-0.2, 0) is 16.8 Å². The molecule has 0 spiro atoms. The molecule has 0 aliphatic heterocycles. The van der Waals surface area contributed by atoms with Gasteiger partial charge in [0.2, 0.25) is 0 Å². The monoisotopic (exact) mass is 315 g/mol. The van der Waals surface area contributed by atoms with Gasteiger partial charge in [-0.05, 0) is 43.1 Å². The highest BCUT2D eigenvalue weighted by molar-refractivity contribution is 9.10. The normalized spacial score (nSPS) is 11.7. The molecule has 5 heteroatoms. The van der Waals surface area contributed by atoms with Gasteiger partial charge in [0, 0.05) is 13.7 Å². The summed E-state index contributed by atoms with van der Waals surface area (Å²) in [6.45, 7) is 8.97. The van der Waals surface area contributed by atoms with Gasteiger partial charge in [-0.1, -0.05) is 13.3 Å². The Morgan fingerprint density at radius 1 is 1.28 bits per heavy atom. The van der Waals surface area contributed by atoms with Crippen molar-refractivity contribution >= 4 is 21.7 Å². The molecule has 0 bridgehead atoms. The fourth-order valence-electron chi connectivity index (χ4n) is 1.54. The highest BCUT2D eigenvalue weighted by Crippen LogP contribution is 2.29. The van der Waals surface area contributed by atoms with Crippen LogP contribution < -0.4 is 5.32 Å². The standard InChI is InChI=1S/C13H22BrN3O/c1-6-8-9-10(14)11(15-7-2)17-12(16-9)13(3,4)18-5/h6-8H2,1-5H3,(H,15,16,17). The molecule has 0 aliphatic carbocycles. The van der Waals surface area contributed by atoms with E-state index in [1.54, 1.807) is 7.11 Å². The van der Waals surface area contributed by atoms with E-state index in [0.29, 0.717) is 5.82 Å². The zero-order chi connectivity index (χ0) is 13.8. The lowest BCUT2D eigenvalue weighted by atomic mass is 10.1. The largest absolute Gasteiger partial charge is 0.371 e. The third-order valence-corrected chi connectivity index (χ3v) is 3.63. The van der Waals surface area contributed by atoms with E-state index >= 15 is 0 Å². The number of rotatable bonds is 6. The van der Waals surface area contributed by atoms with E-state index in [4.69, 9.17) is 4.74 Å². The number of hydrogen-bond donors (Lipinski definition) is 1. The summed E-state index contributed by atoms with van der Waals surface area (Å²) in [6.07, 6.45) is 1.97. The maximum atomic E-state index is 5.46. The van der Waals surface area contributed by atoms with Crippen LogP contribution in [0.15, 0.2) is 4.47 Å². The third-order valence-electron chi connectivity index (χ3n) is 2.80. The maximum absolute atomic E-state index is 5.46. The molecule has 0 fully saturated rings. The van der Waals surface area contributed by atoms with Crippen LogP contribution in [0.5, 0.6) is 0 Å². The van der Waals surface area contributed by atoms with E-state index in [0.717, 1.165) is 35.4 Å². The number of aryl methyl sites for hydroxylation is 1. The smallest absolute Gasteiger partial charge is 0.162 e. The molecule has 0 saturated heterocycles. The molecule has 0 aliphatic rings. The van der Waals surface area contributed by atoms with Crippen molar-refractivity contribution in [2.24, 2.45) is 0 Å². The van der Waals surface area contributed by atoms with Crippen LogP contribution in [0.2, 0.25) is 0 Å². The van der Waals surface area contributed by atoms with Crippen molar-refractivity contribution in [1.29, 1.82) is 0 Å². The van der Waals surface area contributed by atoms with Gasteiger partial charge >= 0.3 is 0 Å². The Morgan fingerprint density at radius 2 is 1.94 bits per heavy atom. The van der Waals surface area contributed by atoms with Crippen LogP contribution >= 0.6 is 15.9 Å². The predicted octanol–water partition coefficient (Wildman–Crippen LogP) is 3.50. The number of nitrogens with one attached hydrogen (secondary N) is 1. The van der Waals surface area contributed by atoms with Gasteiger partial charge in [-0.3, -0.25) is 0 Å². The number of ether oxygens (including phenoxy) is 1. The number of methoxy groups -OCH3 is 1. The Kier molecular flexibility index (Phi) is 5.53. The summed E-state index contributed by atoms with van der Waals surface area (Å²) in [5.74, 6) is 1.56. The molecule has 0 saturated carbocycles. The van der Waals surface area contributed by atoms with Crippen molar-refractivity contribution in [2.75, 3.05) is 19.0 Å². The molecule has 0 aromatic carbocycles. The minimum absolute atomic E-state index is 0.479. The zero-order valence-corrected chi connectivity index (χ0v) is 13.4. The van der Waals surface area contributed by atoms with Crippen molar-refractivity contribution in [2.45, 2.75) is 46.1 Å². The molecule has 18 heavy (non-hydrogen) atoms. The topological polar surface area (TPSA) is 47.0 Å². The summed E-state index contributed by atoms with van der Waals surface area (Å²) in [6, 6.07) is 0. The molecule has 102 valence electrons. The molecule has 1 aromatic rings. The van der Waals surface area contributed by atoms with Crippen LogP contribution in [0.4, 0.5) is 5.82 Å². The van der Waals surface area contributed by atoms with Crippen molar-refractivity contribution in [3.63, 3.8) is 0 Å². The van der Waals surface area contributed by atoms with Gasteiger partial charge in [-0.15, -0.1) is 0 Å². The molecular weight excluding hydrogens is 294 g/mol. The highest BCUT2D eigenvalue weighted by Gasteiger charge is 2.25. The minimum atomic E-state index is -0.479. The van der Waals surface area contributed by atoms with Crippen molar-refractivity contribution < 1.29 is 4.74 Å². The van der Waals surface area contributed by atoms with Gasteiger partial charge in [0.25, 0.3) is 0 Å². The van der Waals surface area contributed by atoms with Gasteiger partial charge in [-0.25, -0.2) is 9.97 Å². The van der Waals surface area contributed by atoms with Crippen LogP contribution in [0.25, 0.3) is 0 Å². The molecule has 0 atom stereocenters. The first kappa shape index (κ1) is 15.4. The summed E-state index contributed by atoms with van der Waals surface area (Å²) in [4.78, 5) is 9.18. The average Bonchev–Trinajstić information content (AvgIpc) is 2.34. The van der Waals surface area contributed by atoms with E-state index in [1.165, 1.54) is 0 Å². The molecule has 1 N–H and O–H groups in total. The zero-order valence-electron chi connectivity index (χ0n) is 11.8. The molecule has 4 nitrogen and oxygen atoms in total. The van der Waals surface area contributed by atoms with Gasteiger partial charge in [-0.2, -0.15) is 0 Å². The second kappa shape index (κ2) is 6.48. The molecule has 1 rings (SSSR count). The average molecular weight is 316 g/mol. The van der Waals surface area contributed by atoms with Crippen LogP contribution in [0, 0.1) is 0 Å². The predicted molar refractivity (Wildman–Crippen MR) is 77.9 cm³/mol. The van der Waals surface area contributed by atoms with Gasteiger partial charge in [0.1, 0.15) is 11.4 Å². The van der Waals surface area contributed by atoms with E-state index in [9.17, 15) is 0 Å². The fraction of sp³-hybridized carbons (Fsp3) is 0.692. The Labute approximate surface area is 118 Å². The number of hydrogen-bond acceptors (Lipinski definition) is 4. The number of aromatic nitrogens is 2. The minimum Gasteiger partial charge on any atom is -0.371 e. The van der Waals surface area contributed by atoms with Crippen LogP contribution in [0.3, 0.4) is 0 Å². The summed E-state index contributed by atoms with van der Waals surface area (Å²) >= 11 is 3.58. The van der Waals surface area contributed by atoms with Gasteiger partial charge in [0.15, 0.2) is 5.82 Å². The lowest BCUT2D eigenvalue weighted by molar-refractivity contribution is 0.0113. The van der Waals surface area contributed by atoms with Crippen molar-refractivity contribution in [1.82, 2.24) is 9.97 Å². The Balaban J connectivity index is 3.28. The van der Waals surface area contributed by atoms with Gasteiger partial charge in [0.05, 0.1) is 10.2 Å². The Morgan fingerprint density at radius 3 is 2.44 bits per heavy atom. The molecule has 0 radical (unpaired) electrons. The highest BCUT2D eigenvalue weighted by atomic mass is 79.9. The second-order valence-electron chi connectivity index (χ2n) is 4.65. The summed E-state index contributed by atoms with van der Waals surface area (Å²) in [5.41, 5.74) is 0.552. The molecular formula is C13H22BrN3O. The molecule has 0 amide bonds. The Hall–Kier alpha value is -0.680. The lowest BCUT2D eigenvalue weighted by Gasteiger charge is -2.23. The maximum Gasteiger partial charge on any atom is 0.162 e. The SMILES string of the molecule is CCCc1nc(C(C)(C)OC)nc(NCC)c1Br. The molecule has 1 aromatic heterocycles. The Bertz CT molecular complexity index is 380. The first-order chi connectivity index (χ1) is 8.46. The summed E-state index contributed by atoms with van der Waals surface area (Å²) < 4.78 is 6.42. The quantitative estimate of drug-likeness (QED) is 0.872. The summed E-state index contributed by atoms with van der Waals surface area (Å²) in [5, 5.41) is 3.26. The van der Waals surface area contributed by atoms with E-state index in [2.05, 4.69) is 45.1 Å². The van der Waals surface area contributed by atoms with Crippen molar-refractivity contribution in [3.8, 4) is 0 Å². The first-order valence-corrected chi connectivity index (χ1v) is 7.11.